The van der Waals surface area contributed by atoms with Gasteiger partial charge >= 0.3 is 0 Å². The second-order valence-corrected chi connectivity index (χ2v) is 18.6. The fourth-order valence-electron chi connectivity index (χ4n) is 7.11. The Morgan fingerprint density at radius 3 is 2.15 bits per heavy atom. The third-order valence-corrected chi connectivity index (χ3v) is 14.5. The SMILES string of the molecule is CC1(C)OCC(C[C@@H]2CC[C@@](O)(CNc3ccc4c(c3)OCCO4)[C@@H](CO[Si](c3ccccc3)(c3ccccc3)C(C)(C)C)O2)O1. The van der Waals surface area contributed by atoms with Crippen molar-refractivity contribution >= 4 is 24.4 Å². The van der Waals surface area contributed by atoms with Crippen molar-refractivity contribution in [3.8, 4) is 11.5 Å². The van der Waals surface area contributed by atoms with Gasteiger partial charge in [0.2, 0.25) is 0 Å². The van der Waals surface area contributed by atoms with Gasteiger partial charge in [-0.3, -0.25) is 0 Å². The summed E-state index contributed by atoms with van der Waals surface area (Å²) in [5, 5.41) is 18.0. The van der Waals surface area contributed by atoms with Crippen LogP contribution in [0.5, 0.6) is 11.5 Å². The van der Waals surface area contributed by atoms with Crippen LogP contribution in [0.25, 0.3) is 0 Å². The molecule has 0 radical (unpaired) electrons. The maximum Gasteiger partial charge on any atom is 0.261 e. The van der Waals surface area contributed by atoms with E-state index in [2.05, 4.69) is 74.6 Å². The van der Waals surface area contributed by atoms with Gasteiger partial charge in [0, 0.05) is 24.7 Å². The zero-order valence-electron chi connectivity index (χ0n) is 27.8. The molecule has 0 aromatic heterocycles. The highest BCUT2D eigenvalue weighted by molar-refractivity contribution is 6.99. The minimum absolute atomic E-state index is 0.0553. The Balaban J connectivity index is 1.28. The van der Waals surface area contributed by atoms with E-state index in [9.17, 15) is 5.11 Å². The highest BCUT2D eigenvalue weighted by Crippen LogP contribution is 2.40. The van der Waals surface area contributed by atoms with Gasteiger partial charge in [0.1, 0.15) is 24.9 Å². The van der Waals surface area contributed by atoms with E-state index in [1.165, 1.54) is 10.4 Å². The van der Waals surface area contributed by atoms with Gasteiger partial charge in [-0.25, -0.2) is 0 Å². The standard InChI is InChI=1S/C37H49NO7Si/c1-35(2,3)46(30-12-8-6-9-13-30,31-14-10-7-11-15-31)43-25-34-37(39,19-18-28(44-34)23-29-24-42-36(4,5)45-29)26-38-27-16-17-32-33(22-27)41-21-20-40-32/h6-17,22,28-29,34,38-39H,18-21,23-26H2,1-5H3/t28-,29?,34+,37+/m0/s1. The maximum absolute atomic E-state index is 12.4. The number of hydrogen-bond acceptors (Lipinski definition) is 8. The Labute approximate surface area is 274 Å². The smallest absolute Gasteiger partial charge is 0.261 e. The van der Waals surface area contributed by atoms with Gasteiger partial charge in [0.05, 0.1) is 25.4 Å². The van der Waals surface area contributed by atoms with Gasteiger partial charge in [-0.1, -0.05) is 81.4 Å². The first kappa shape index (κ1) is 33.0. The molecule has 4 atom stereocenters. The van der Waals surface area contributed by atoms with Gasteiger partial charge in [-0.15, -0.1) is 0 Å². The lowest BCUT2D eigenvalue weighted by molar-refractivity contribution is -0.191. The fourth-order valence-corrected chi connectivity index (χ4v) is 11.7. The lowest BCUT2D eigenvalue weighted by atomic mass is 9.85. The molecule has 3 aromatic carbocycles. The highest BCUT2D eigenvalue weighted by atomic mass is 28.4. The Bertz CT molecular complexity index is 1410. The van der Waals surface area contributed by atoms with E-state index in [-0.39, 0.29) is 23.9 Å². The average Bonchev–Trinajstić information content (AvgIpc) is 3.39. The first-order chi connectivity index (χ1) is 22.0. The normalized spacial score (nSPS) is 26.1. The number of aliphatic hydroxyl groups is 1. The molecule has 3 aromatic rings. The van der Waals surface area contributed by atoms with Crippen molar-refractivity contribution in [3.05, 3.63) is 78.9 Å². The number of nitrogens with one attached hydrogen (secondary N) is 1. The molecule has 3 aliphatic heterocycles. The Kier molecular flexibility index (Phi) is 9.54. The molecule has 0 amide bonds. The van der Waals surface area contributed by atoms with E-state index in [0.717, 1.165) is 11.4 Å². The van der Waals surface area contributed by atoms with Crippen LogP contribution in [0.15, 0.2) is 78.9 Å². The number of rotatable bonds is 10. The molecule has 2 fully saturated rings. The van der Waals surface area contributed by atoms with Gasteiger partial charge in [-0.05, 0) is 54.2 Å². The van der Waals surface area contributed by atoms with Crippen LogP contribution in [0, 0.1) is 0 Å². The molecule has 2 saturated heterocycles. The molecule has 46 heavy (non-hydrogen) atoms. The molecule has 1 unspecified atom stereocenters. The maximum atomic E-state index is 12.4. The van der Waals surface area contributed by atoms with E-state index in [1.807, 2.05) is 44.2 Å². The van der Waals surface area contributed by atoms with E-state index in [4.69, 9.17) is 28.1 Å². The number of ether oxygens (including phenoxy) is 5. The third kappa shape index (κ3) is 7.00. The molecule has 0 aliphatic carbocycles. The summed E-state index contributed by atoms with van der Waals surface area (Å²) in [5.41, 5.74) is -0.327. The summed E-state index contributed by atoms with van der Waals surface area (Å²) in [6.45, 7) is 12.8. The third-order valence-electron chi connectivity index (χ3n) is 9.46. The molecule has 0 bridgehead atoms. The summed E-state index contributed by atoms with van der Waals surface area (Å²) in [4.78, 5) is 0. The van der Waals surface area contributed by atoms with Crippen LogP contribution in [-0.2, 0) is 18.6 Å². The molecular weight excluding hydrogens is 598 g/mol. The monoisotopic (exact) mass is 647 g/mol. The second-order valence-electron chi connectivity index (χ2n) is 14.3. The molecule has 3 heterocycles. The molecular formula is C37H49NO7Si. The largest absolute Gasteiger partial charge is 0.486 e. The van der Waals surface area contributed by atoms with Gasteiger partial charge in [0.25, 0.3) is 8.32 Å². The molecule has 2 N–H and O–H groups in total. The predicted octanol–water partition coefficient (Wildman–Crippen LogP) is 5.27. The lowest BCUT2D eigenvalue weighted by Crippen LogP contribution is -2.68. The summed E-state index contributed by atoms with van der Waals surface area (Å²) < 4.78 is 37.6. The lowest BCUT2D eigenvalue weighted by Gasteiger charge is -2.47. The van der Waals surface area contributed by atoms with E-state index < -0.39 is 25.8 Å². The quantitative estimate of drug-likeness (QED) is 0.288. The summed E-state index contributed by atoms with van der Waals surface area (Å²) >= 11 is 0. The molecule has 248 valence electrons. The summed E-state index contributed by atoms with van der Waals surface area (Å²) in [6.07, 6.45) is 1.24. The van der Waals surface area contributed by atoms with Crippen LogP contribution >= 0.6 is 0 Å². The molecule has 8 nitrogen and oxygen atoms in total. The number of fused-ring (bicyclic) bond motifs is 1. The van der Waals surface area contributed by atoms with Crippen molar-refractivity contribution in [2.24, 2.45) is 0 Å². The molecule has 6 rings (SSSR count). The zero-order chi connectivity index (χ0) is 32.4. The minimum Gasteiger partial charge on any atom is -0.486 e. The van der Waals surface area contributed by atoms with E-state index in [1.54, 1.807) is 0 Å². The van der Waals surface area contributed by atoms with Gasteiger partial charge in [-0.2, -0.15) is 0 Å². The highest BCUT2D eigenvalue weighted by Gasteiger charge is 2.52. The molecule has 3 aliphatic rings. The first-order valence-electron chi connectivity index (χ1n) is 16.6. The van der Waals surface area contributed by atoms with Crippen LogP contribution < -0.4 is 25.2 Å². The Morgan fingerprint density at radius 1 is 0.891 bits per heavy atom. The van der Waals surface area contributed by atoms with Crippen LogP contribution in [0.1, 0.15) is 53.9 Å². The van der Waals surface area contributed by atoms with Crippen LogP contribution in [0.2, 0.25) is 5.04 Å². The Morgan fingerprint density at radius 2 is 1.54 bits per heavy atom. The second kappa shape index (κ2) is 13.3. The van der Waals surface area contributed by atoms with Gasteiger partial charge in [0.15, 0.2) is 17.3 Å². The minimum atomic E-state index is -2.86. The fraction of sp³-hybridized carbons (Fsp3) is 0.514. The van der Waals surface area contributed by atoms with Crippen molar-refractivity contribution in [1.82, 2.24) is 0 Å². The van der Waals surface area contributed by atoms with Crippen molar-refractivity contribution in [2.75, 3.05) is 38.3 Å². The van der Waals surface area contributed by atoms with E-state index >= 15 is 0 Å². The average molecular weight is 648 g/mol. The summed E-state index contributed by atoms with van der Waals surface area (Å²) in [7, 11) is -2.86. The Hall–Kier alpha value is -2.92. The van der Waals surface area contributed by atoms with Crippen LogP contribution in [-0.4, -0.2) is 76.1 Å². The van der Waals surface area contributed by atoms with Crippen LogP contribution in [0.4, 0.5) is 5.69 Å². The topological polar surface area (TPSA) is 87.6 Å². The van der Waals surface area contributed by atoms with Crippen molar-refractivity contribution < 1.29 is 33.2 Å². The zero-order valence-corrected chi connectivity index (χ0v) is 28.8. The summed E-state index contributed by atoms with van der Waals surface area (Å²) in [6, 6.07) is 27.0. The van der Waals surface area contributed by atoms with Crippen molar-refractivity contribution in [2.45, 2.75) is 88.6 Å². The van der Waals surface area contributed by atoms with Gasteiger partial charge < -0.3 is 38.5 Å². The van der Waals surface area contributed by atoms with Crippen molar-refractivity contribution in [1.29, 1.82) is 0 Å². The summed E-state index contributed by atoms with van der Waals surface area (Å²) in [5.74, 6) is 0.841. The van der Waals surface area contributed by atoms with E-state index in [0.29, 0.717) is 51.4 Å². The molecule has 9 heteroatoms. The molecule has 0 saturated carbocycles. The predicted molar refractivity (Wildman–Crippen MR) is 182 cm³/mol. The number of benzene rings is 3. The number of anilines is 1. The number of hydrogen-bond donors (Lipinski definition) is 2. The first-order valence-corrected chi connectivity index (χ1v) is 18.5. The molecule has 0 spiro atoms. The van der Waals surface area contributed by atoms with Crippen LogP contribution in [0.3, 0.4) is 0 Å². The van der Waals surface area contributed by atoms with Crippen molar-refractivity contribution in [3.63, 3.8) is 0 Å².